The van der Waals surface area contributed by atoms with Gasteiger partial charge in [0.2, 0.25) is 0 Å². The number of hydrazine groups is 1. The maximum atomic E-state index is 5.15. The zero-order valence-corrected chi connectivity index (χ0v) is 8.02. The van der Waals surface area contributed by atoms with Gasteiger partial charge in [-0.25, -0.2) is 0 Å². The van der Waals surface area contributed by atoms with E-state index in [1.165, 1.54) is 5.57 Å². The summed E-state index contributed by atoms with van der Waals surface area (Å²) in [5.41, 5.74) is 3.86. The van der Waals surface area contributed by atoms with Gasteiger partial charge in [0.1, 0.15) is 0 Å². The van der Waals surface area contributed by atoms with Gasteiger partial charge in [0.05, 0.1) is 0 Å². The Morgan fingerprint density at radius 1 is 1.45 bits per heavy atom. The lowest BCUT2D eigenvalue weighted by molar-refractivity contribution is 0.415. The van der Waals surface area contributed by atoms with E-state index >= 15 is 0 Å². The monoisotopic (exact) mass is 156 g/mol. The highest BCUT2D eigenvalue weighted by Crippen LogP contribution is 2.18. The lowest BCUT2D eigenvalue weighted by Crippen LogP contribution is -2.15. The Labute approximate surface area is 69.8 Å². The molecule has 0 bridgehead atoms. The molecule has 0 saturated carbocycles. The summed E-state index contributed by atoms with van der Waals surface area (Å²) < 4.78 is 0. The molecule has 0 amide bonds. The first-order valence-corrected chi connectivity index (χ1v) is 4.19. The second kappa shape index (κ2) is 5.19. The average Bonchev–Trinajstić information content (AvgIpc) is 1.87. The van der Waals surface area contributed by atoms with Gasteiger partial charge in [-0.1, -0.05) is 26.3 Å². The standard InChI is InChI=1S/C9H20N2/c1-7(2)9(4)5-8(3)6-11-10/h6-7,9,11H,5,10H2,1-4H3/b8-6-. The third-order valence-corrected chi connectivity index (χ3v) is 2.11. The average molecular weight is 156 g/mol. The van der Waals surface area contributed by atoms with E-state index in [1.54, 1.807) is 0 Å². The van der Waals surface area contributed by atoms with Crippen LogP contribution < -0.4 is 11.3 Å². The van der Waals surface area contributed by atoms with Crippen molar-refractivity contribution in [3.63, 3.8) is 0 Å². The highest BCUT2D eigenvalue weighted by atomic mass is 15.2. The molecule has 0 saturated heterocycles. The van der Waals surface area contributed by atoms with E-state index in [-0.39, 0.29) is 0 Å². The van der Waals surface area contributed by atoms with Crippen molar-refractivity contribution in [1.82, 2.24) is 5.43 Å². The van der Waals surface area contributed by atoms with Gasteiger partial charge >= 0.3 is 0 Å². The van der Waals surface area contributed by atoms with Gasteiger partial charge in [0, 0.05) is 6.20 Å². The van der Waals surface area contributed by atoms with E-state index in [0.29, 0.717) is 0 Å². The lowest BCUT2D eigenvalue weighted by atomic mass is 9.92. The number of nitrogens with one attached hydrogen (secondary N) is 1. The molecule has 2 heteroatoms. The maximum absolute atomic E-state index is 5.15. The third-order valence-electron chi connectivity index (χ3n) is 2.11. The molecular formula is C9H20N2. The van der Waals surface area contributed by atoms with E-state index in [0.717, 1.165) is 18.3 Å². The second-order valence-corrected chi connectivity index (χ2v) is 3.58. The minimum Gasteiger partial charge on any atom is -0.331 e. The Balaban J connectivity index is 3.75. The summed E-state index contributed by atoms with van der Waals surface area (Å²) in [5, 5.41) is 0. The Morgan fingerprint density at radius 3 is 2.36 bits per heavy atom. The highest BCUT2D eigenvalue weighted by Gasteiger charge is 2.06. The maximum Gasteiger partial charge on any atom is 0.0112 e. The molecule has 1 unspecified atom stereocenters. The van der Waals surface area contributed by atoms with Crippen molar-refractivity contribution < 1.29 is 0 Å². The van der Waals surface area contributed by atoms with Gasteiger partial charge in [-0.15, -0.1) is 0 Å². The number of hydrogen-bond donors (Lipinski definition) is 2. The first-order valence-electron chi connectivity index (χ1n) is 4.19. The lowest BCUT2D eigenvalue weighted by Gasteiger charge is -2.15. The summed E-state index contributed by atoms with van der Waals surface area (Å²) >= 11 is 0. The second-order valence-electron chi connectivity index (χ2n) is 3.58. The summed E-state index contributed by atoms with van der Waals surface area (Å²) in [6.07, 6.45) is 2.99. The van der Waals surface area contributed by atoms with Crippen molar-refractivity contribution in [3.8, 4) is 0 Å². The Kier molecular flexibility index (Phi) is 4.95. The quantitative estimate of drug-likeness (QED) is 0.483. The third kappa shape index (κ3) is 4.85. The zero-order chi connectivity index (χ0) is 8.85. The molecule has 2 nitrogen and oxygen atoms in total. The molecule has 3 N–H and O–H groups in total. The molecule has 66 valence electrons. The number of rotatable bonds is 4. The van der Waals surface area contributed by atoms with Crippen molar-refractivity contribution in [2.75, 3.05) is 0 Å². The van der Waals surface area contributed by atoms with Gasteiger partial charge in [-0.3, -0.25) is 5.84 Å². The van der Waals surface area contributed by atoms with E-state index in [1.807, 2.05) is 6.20 Å². The fourth-order valence-electron chi connectivity index (χ4n) is 0.945. The molecule has 0 aromatic rings. The molecule has 0 aromatic heterocycles. The Morgan fingerprint density at radius 2 is 2.00 bits per heavy atom. The van der Waals surface area contributed by atoms with Crippen molar-refractivity contribution in [2.45, 2.75) is 34.1 Å². The molecule has 0 aliphatic rings. The zero-order valence-electron chi connectivity index (χ0n) is 8.02. The van der Waals surface area contributed by atoms with Crippen LogP contribution >= 0.6 is 0 Å². The molecule has 0 radical (unpaired) electrons. The highest BCUT2D eigenvalue weighted by molar-refractivity contribution is 4.96. The van der Waals surface area contributed by atoms with E-state index in [9.17, 15) is 0 Å². The first-order chi connectivity index (χ1) is 5.07. The van der Waals surface area contributed by atoms with Crippen LogP contribution in [0.5, 0.6) is 0 Å². The molecule has 1 atom stereocenters. The molecule has 0 spiro atoms. The summed E-state index contributed by atoms with van der Waals surface area (Å²) in [7, 11) is 0. The molecule has 11 heavy (non-hydrogen) atoms. The van der Waals surface area contributed by atoms with Crippen LogP contribution in [0.4, 0.5) is 0 Å². The summed E-state index contributed by atoms with van der Waals surface area (Å²) in [5.74, 6) is 6.64. The fourth-order valence-corrected chi connectivity index (χ4v) is 0.945. The van der Waals surface area contributed by atoms with E-state index in [4.69, 9.17) is 5.84 Å². The molecule has 0 aliphatic carbocycles. The molecule has 0 heterocycles. The van der Waals surface area contributed by atoms with Crippen LogP contribution in [-0.2, 0) is 0 Å². The SMILES string of the molecule is C/C(=C/NN)CC(C)C(C)C. The molecular weight excluding hydrogens is 136 g/mol. The van der Waals surface area contributed by atoms with Gasteiger partial charge in [0.25, 0.3) is 0 Å². The smallest absolute Gasteiger partial charge is 0.0112 e. The van der Waals surface area contributed by atoms with Crippen molar-refractivity contribution in [2.24, 2.45) is 17.7 Å². The minimum absolute atomic E-state index is 0.736. The molecule has 0 aliphatic heterocycles. The van der Waals surface area contributed by atoms with Gasteiger partial charge in [-0.05, 0) is 25.2 Å². The van der Waals surface area contributed by atoms with Crippen LogP contribution in [0.15, 0.2) is 11.8 Å². The van der Waals surface area contributed by atoms with Crippen LogP contribution in [0.3, 0.4) is 0 Å². The van der Waals surface area contributed by atoms with Crippen LogP contribution in [0, 0.1) is 11.8 Å². The Hall–Kier alpha value is -0.500. The number of hydrogen-bond acceptors (Lipinski definition) is 2. The number of allylic oxidation sites excluding steroid dienone is 1. The fraction of sp³-hybridized carbons (Fsp3) is 0.778. The summed E-state index contributed by atoms with van der Waals surface area (Å²) in [6, 6.07) is 0. The van der Waals surface area contributed by atoms with Crippen LogP contribution in [0.25, 0.3) is 0 Å². The normalized spacial score (nSPS) is 15.3. The summed E-state index contributed by atoms with van der Waals surface area (Å²) in [4.78, 5) is 0. The largest absolute Gasteiger partial charge is 0.331 e. The molecule has 0 aromatic carbocycles. The van der Waals surface area contributed by atoms with Gasteiger partial charge < -0.3 is 5.43 Å². The molecule has 0 rings (SSSR count). The van der Waals surface area contributed by atoms with Crippen LogP contribution in [0.2, 0.25) is 0 Å². The van der Waals surface area contributed by atoms with Crippen molar-refractivity contribution in [1.29, 1.82) is 0 Å². The van der Waals surface area contributed by atoms with E-state index in [2.05, 4.69) is 33.1 Å². The predicted molar refractivity (Wildman–Crippen MR) is 49.7 cm³/mol. The topological polar surface area (TPSA) is 38.0 Å². The Bertz CT molecular complexity index is 128. The minimum atomic E-state index is 0.736. The van der Waals surface area contributed by atoms with Gasteiger partial charge in [0.15, 0.2) is 0 Å². The van der Waals surface area contributed by atoms with Crippen LogP contribution in [0.1, 0.15) is 34.1 Å². The van der Waals surface area contributed by atoms with Crippen molar-refractivity contribution >= 4 is 0 Å². The van der Waals surface area contributed by atoms with E-state index < -0.39 is 0 Å². The first kappa shape index (κ1) is 10.5. The number of nitrogens with two attached hydrogens (primary N) is 1. The summed E-state index contributed by atoms with van der Waals surface area (Å²) in [6.45, 7) is 8.85. The molecule has 0 fully saturated rings. The van der Waals surface area contributed by atoms with Crippen molar-refractivity contribution in [3.05, 3.63) is 11.8 Å². The van der Waals surface area contributed by atoms with Crippen LogP contribution in [-0.4, -0.2) is 0 Å². The van der Waals surface area contributed by atoms with Gasteiger partial charge in [-0.2, -0.15) is 0 Å². The predicted octanol–water partition coefficient (Wildman–Crippen LogP) is 2.04.